The van der Waals surface area contributed by atoms with Crippen molar-refractivity contribution >= 4 is 5.97 Å². The van der Waals surface area contributed by atoms with Gasteiger partial charge in [-0.1, -0.05) is 30.3 Å². The van der Waals surface area contributed by atoms with E-state index in [1.807, 2.05) is 36.4 Å². The van der Waals surface area contributed by atoms with Crippen molar-refractivity contribution < 1.29 is 19.4 Å². The van der Waals surface area contributed by atoms with Gasteiger partial charge in [-0.25, -0.2) is 4.79 Å². The molecule has 0 fully saturated rings. The Labute approximate surface area is 150 Å². The summed E-state index contributed by atoms with van der Waals surface area (Å²) in [5, 5.41) is 18.3. The Morgan fingerprint density at radius 2 is 1.65 bits per heavy atom. The summed E-state index contributed by atoms with van der Waals surface area (Å²) in [6.07, 6.45) is 0. The lowest BCUT2D eigenvalue weighted by Gasteiger charge is -2.12. The Kier molecular flexibility index (Phi) is 5.16. The molecule has 3 rings (SSSR count). The average Bonchev–Trinajstić information content (AvgIpc) is 2.68. The van der Waals surface area contributed by atoms with Crippen molar-refractivity contribution in [2.45, 2.75) is 6.61 Å². The fourth-order valence-corrected chi connectivity index (χ4v) is 2.33. The van der Waals surface area contributed by atoms with E-state index in [4.69, 9.17) is 14.7 Å². The molecule has 0 radical (unpaired) electrons. The number of ether oxygens (including phenoxy) is 2. The minimum Gasteiger partial charge on any atom is -0.488 e. The molecule has 0 saturated heterocycles. The van der Waals surface area contributed by atoms with Gasteiger partial charge in [0.2, 0.25) is 0 Å². The predicted molar refractivity (Wildman–Crippen MR) is 95.4 cm³/mol. The molecule has 5 nitrogen and oxygen atoms in total. The van der Waals surface area contributed by atoms with Gasteiger partial charge in [0.05, 0.1) is 11.6 Å². The van der Waals surface area contributed by atoms with Crippen LogP contribution in [-0.2, 0) is 6.61 Å². The number of hydrogen-bond acceptors (Lipinski definition) is 4. The number of carboxylic acids is 1. The van der Waals surface area contributed by atoms with E-state index >= 15 is 0 Å². The molecule has 1 N–H and O–H groups in total. The van der Waals surface area contributed by atoms with Crippen LogP contribution in [0.5, 0.6) is 17.2 Å². The fraction of sp³-hybridized carbons (Fsp3) is 0.0476. The van der Waals surface area contributed by atoms with Gasteiger partial charge in [0.15, 0.2) is 0 Å². The minimum absolute atomic E-state index is 0.0204. The second-order valence-electron chi connectivity index (χ2n) is 5.48. The van der Waals surface area contributed by atoms with Crippen LogP contribution in [0.25, 0.3) is 0 Å². The summed E-state index contributed by atoms with van der Waals surface area (Å²) < 4.78 is 11.3. The SMILES string of the molecule is N#Cc1ccc(Oc2ccc(OCc3ccccc3)c(C(=O)O)c2)cc1. The highest BCUT2D eigenvalue weighted by Gasteiger charge is 2.14. The summed E-state index contributed by atoms with van der Waals surface area (Å²) in [6, 6.07) is 22.7. The molecule has 0 unspecified atom stereocenters. The third-order valence-corrected chi connectivity index (χ3v) is 3.64. The maximum atomic E-state index is 11.5. The first kappa shape index (κ1) is 17.1. The molecule has 26 heavy (non-hydrogen) atoms. The summed E-state index contributed by atoms with van der Waals surface area (Å²) in [5.41, 5.74) is 1.49. The van der Waals surface area contributed by atoms with Crippen molar-refractivity contribution in [3.8, 4) is 23.3 Å². The highest BCUT2D eigenvalue weighted by Crippen LogP contribution is 2.28. The lowest BCUT2D eigenvalue weighted by atomic mass is 10.2. The number of nitriles is 1. The first-order chi connectivity index (χ1) is 12.7. The van der Waals surface area contributed by atoms with Gasteiger partial charge in [0, 0.05) is 0 Å². The Morgan fingerprint density at radius 1 is 0.962 bits per heavy atom. The number of carbonyl (C=O) groups is 1. The second-order valence-corrected chi connectivity index (χ2v) is 5.48. The minimum atomic E-state index is -1.10. The van der Waals surface area contributed by atoms with Crippen LogP contribution in [0.1, 0.15) is 21.5 Å². The summed E-state index contributed by atoms with van der Waals surface area (Å²) in [7, 11) is 0. The molecule has 5 heteroatoms. The number of hydrogen-bond donors (Lipinski definition) is 1. The first-order valence-corrected chi connectivity index (χ1v) is 7.88. The van der Waals surface area contributed by atoms with E-state index in [-0.39, 0.29) is 17.9 Å². The third kappa shape index (κ3) is 4.19. The molecule has 3 aromatic carbocycles. The van der Waals surface area contributed by atoms with Crippen molar-refractivity contribution in [2.75, 3.05) is 0 Å². The van der Waals surface area contributed by atoms with Crippen LogP contribution in [0.15, 0.2) is 72.8 Å². The zero-order valence-corrected chi connectivity index (χ0v) is 13.8. The van der Waals surface area contributed by atoms with E-state index < -0.39 is 5.97 Å². The predicted octanol–water partition coefficient (Wildman–Crippen LogP) is 4.63. The largest absolute Gasteiger partial charge is 0.488 e. The van der Waals surface area contributed by atoms with Gasteiger partial charge in [-0.2, -0.15) is 5.26 Å². The second kappa shape index (κ2) is 7.86. The van der Waals surface area contributed by atoms with E-state index in [0.717, 1.165) is 5.56 Å². The summed E-state index contributed by atoms with van der Waals surface area (Å²) in [6.45, 7) is 0.275. The number of carboxylic acid groups (broad SMARTS) is 1. The van der Waals surface area contributed by atoms with Crippen molar-refractivity contribution in [1.82, 2.24) is 0 Å². The number of rotatable bonds is 6. The van der Waals surface area contributed by atoms with E-state index in [1.165, 1.54) is 6.07 Å². The average molecular weight is 345 g/mol. The van der Waals surface area contributed by atoms with Crippen LogP contribution in [0, 0.1) is 11.3 Å². The van der Waals surface area contributed by atoms with Gasteiger partial charge in [0.25, 0.3) is 0 Å². The number of nitrogens with zero attached hydrogens (tertiary/aromatic N) is 1. The lowest BCUT2D eigenvalue weighted by Crippen LogP contribution is -2.04. The van der Waals surface area contributed by atoms with E-state index in [1.54, 1.807) is 36.4 Å². The Bertz CT molecular complexity index is 944. The van der Waals surface area contributed by atoms with Crippen molar-refractivity contribution in [3.05, 3.63) is 89.5 Å². The van der Waals surface area contributed by atoms with Crippen LogP contribution in [-0.4, -0.2) is 11.1 Å². The third-order valence-electron chi connectivity index (χ3n) is 3.64. The fourth-order valence-electron chi connectivity index (χ4n) is 2.33. The molecule has 0 aliphatic carbocycles. The van der Waals surface area contributed by atoms with Crippen molar-refractivity contribution in [3.63, 3.8) is 0 Å². The maximum absolute atomic E-state index is 11.5. The van der Waals surface area contributed by atoms with Gasteiger partial charge >= 0.3 is 5.97 Å². The zero-order valence-electron chi connectivity index (χ0n) is 13.8. The maximum Gasteiger partial charge on any atom is 0.339 e. The summed E-state index contributed by atoms with van der Waals surface area (Å²) in [4.78, 5) is 11.5. The van der Waals surface area contributed by atoms with Crippen molar-refractivity contribution in [2.24, 2.45) is 0 Å². The van der Waals surface area contributed by atoms with Crippen LogP contribution in [0.3, 0.4) is 0 Å². The molecule has 0 amide bonds. The molecule has 3 aromatic rings. The number of benzene rings is 3. The molecule has 0 aliphatic rings. The van der Waals surface area contributed by atoms with Crippen LogP contribution in [0.4, 0.5) is 0 Å². The van der Waals surface area contributed by atoms with E-state index in [9.17, 15) is 9.90 Å². The van der Waals surface area contributed by atoms with Gasteiger partial charge in [-0.3, -0.25) is 0 Å². The molecule has 0 heterocycles. The van der Waals surface area contributed by atoms with Crippen LogP contribution in [0.2, 0.25) is 0 Å². The molecular weight excluding hydrogens is 330 g/mol. The van der Waals surface area contributed by atoms with Crippen LogP contribution >= 0.6 is 0 Å². The van der Waals surface area contributed by atoms with Gasteiger partial charge in [0.1, 0.15) is 29.4 Å². The lowest BCUT2D eigenvalue weighted by molar-refractivity contribution is 0.0691. The van der Waals surface area contributed by atoms with E-state index in [0.29, 0.717) is 17.1 Å². The van der Waals surface area contributed by atoms with E-state index in [2.05, 4.69) is 0 Å². The highest BCUT2D eigenvalue weighted by atomic mass is 16.5. The van der Waals surface area contributed by atoms with Gasteiger partial charge in [-0.15, -0.1) is 0 Å². The zero-order chi connectivity index (χ0) is 18.4. The normalized spacial score (nSPS) is 9.96. The highest BCUT2D eigenvalue weighted by molar-refractivity contribution is 5.91. The van der Waals surface area contributed by atoms with Crippen LogP contribution < -0.4 is 9.47 Å². The quantitative estimate of drug-likeness (QED) is 0.705. The molecule has 0 saturated carbocycles. The van der Waals surface area contributed by atoms with Gasteiger partial charge in [-0.05, 0) is 48.0 Å². The molecule has 0 bridgehead atoms. The Balaban J connectivity index is 1.77. The molecule has 0 spiro atoms. The Morgan fingerprint density at radius 3 is 2.31 bits per heavy atom. The standard InChI is InChI=1S/C21H15NO4/c22-13-15-6-8-17(9-7-15)26-18-10-11-20(19(12-18)21(23)24)25-14-16-4-2-1-3-5-16/h1-12H,14H2,(H,23,24). The molecule has 128 valence electrons. The monoisotopic (exact) mass is 345 g/mol. The molecular formula is C21H15NO4. The molecule has 0 aliphatic heterocycles. The topological polar surface area (TPSA) is 79.5 Å². The van der Waals surface area contributed by atoms with Crippen molar-refractivity contribution in [1.29, 1.82) is 5.26 Å². The smallest absolute Gasteiger partial charge is 0.339 e. The Hall–Kier alpha value is -3.78. The summed E-state index contributed by atoms with van der Waals surface area (Å²) in [5.74, 6) is 0.0596. The number of aromatic carboxylic acids is 1. The first-order valence-electron chi connectivity index (χ1n) is 7.88. The van der Waals surface area contributed by atoms with Gasteiger partial charge < -0.3 is 14.6 Å². The summed E-state index contributed by atoms with van der Waals surface area (Å²) >= 11 is 0. The molecule has 0 atom stereocenters. The molecule has 0 aromatic heterocycles.